The van der Waals surface area contributed by atoms with Crippen LogP contribution in [0.15, 0.2) is 35.2 Å². The van der Waals surface area contributed by atoms with Crippen LogP contribution in [0.1, 0.15) is 24.2 Å². The van der Waals surface area contributed by atoms with Gasteiger partial charge in [-0.1, -0.05) is 46.1 Å². The molecule has 0 aliphatic carbocycles. The van der Waals surface area contributed by atoms with Crippen molar-refractivity contribution in [2.45, 2.75) is 24.8 Å². The largest absolute Gasteiger partial charge is 0.298 e. The maximum Gasteiger partial charge on any atom is 0.259 e. The summed E-state index contributed by atoms with van der Waals surface area (Å²) < 4.78 is 28.2. The van der Waals surface area contributed by atoms with Gasteiger partial charge in [-0.15, -0.1) is 0 Å². The van der Waals surface area contributed by atoms with Crippen LogP contribution in [0, 0.1) is 0 Å². The summed E-state index contributed by atoms with van der Waals surface area (Å²) in [6.07, 6.45) is 0. The monoisotopic (exact) mass is 477 g/mol. The lowest BCUT2D eigenvalue weighted by Gasteiger charge is -2.13. The summed E-state index contributed by atoms with van der Waals surface area (Å²) in [5, 5.41) is 3.46. The number of fused-ring (bicyclic) bond motifs is 1. The van der Waals surface area contributed by atoms with Gasteiger partial charge in [0, 0.05) is 11.1 Å². The van der Waals surface area contributed by atoms with Crippen molar-refractivity contribution < 1.29 is 13.2 Å². The molecule has 0 saturated carbocycles. The quantitative estimate of drug-likeness (QED) is 0.528. The Morgan fingerprint density at radius 3 is 2.50 bits per heavy atom. The molecule has 0 bridgehead atoms. The van der Waals surface area contributed by atoms with Gasteiger partial charge in [0.15, 0.2) is 5.13 Å². The van der Waals surface area contributed by atoms with Gasteiger partial charge < -0.3 is 0 Å². The second-order valence-corrected chi connectivity index (χ2v) is 10.1. The average Bonchev–Trinajstić information content (AvgIpc) is 2.94. The zero-order chi connectivity index (χ0) is 20.6. The Morgan fingerprint density at radius 1 is 1.11 bits per heavy atom. The van der Waals surface area contributed by atoms with Gasteiger partial charge in [0.25, 0.3) is 5.91 Å². The molecule has 0 radical (unpaired) electrons. The van der Waals surface area contributed by atoms with E-state index >= 15 is 0 Å². The first kappa shape index (κ1) is 21.3. The van der Waals surface area contributed by atoms with E-state index in [4.69, 9.17) is 34.8 Å². The van der Waals surface area contributed by atoms with Gasteiger partial charge in [0.2, 0.25) is 10.0 Å². The summed E-state index contributed by atoms with van der Waals surface area (Å²) in [4.78, 5) is 16.8. The highest BCUT2D eigenvalue weighted by molar-refractivity contribution is 7.89. The fourth-order valence-corrected chi connectivity index (χ4v) is 5.65. The Morgan fingerprint density at radius 2 is 1.82 bits per heavy atom. The Hall–Kier alpha value is -1.42. The number of carbonyl (C=O) groups is 1. The maximum atomic E-state index is 12.7. The first-order valence-electron chi connectivity index (χ1n) is 7.95. The van der Waals surface area contributed by atoms with Crippen LogP contribution in [0.3, 0.4) is 0 Å². The number of thiazole rings is 1. The van der Waals surface area contributed by atoms with Crippen molar-refractivity contribution in [1.29, 1.82) is 0 Å². The lowest BCUT2D eigenvalue weighted by Crippen LogP contribution is -2.30. The number of carbonyl (C=O) groups excluding carboxylic acids is 1. The van der Waals surface area contributed by atoms with E-state index in [1.165, 1.54) is 17.4 Å². The number of sulfonamides is 1. The highest BCUT2D eigenvalue weighted by Gasteiger charge is 2.23. The van der Waals surface area contributed by atoms with Gasteiger partial charge >= 0.3 is 0 Å². The van der Waals surface area contributed by atoms with Crippen molar-refractivity contribution >= 4 is 77.4 Å². The predicted octanol–water partition coefficient (Wildman–Crippen LogP) is 5.20. The Bertz CT molecular complexity index is 1180. The van der Waals surface area contributed by atoms with Crippen molar-refractivity contribution in [1.82, 2.24) is 9.71 Å². The summed E-state index contributed by atoms with van der Waals surface area (Å²) >= 11 is 19.4. The molecule has 1 aromatic heterocycles. The Kier molecular flexibility index (Phi) is 6.19. The predicted molar refractivity (Wildman–Crippen MR) is 115 cm³/mol. The number of anilines is 1. The molecule has 2 aromatic carbocycles. The van der Waals surface area contributed by atoms with E-state index in [-0.39, 0.29) is 26.5 Å². The van der Waals surface area contributed by atoms with E-state index in [0.717, 1.165) is 10.8 Å². The summed E-state index contributed by atoms with van der Waals surface area (Å²) in [5.74, 6) is -0.604. The molecule has 3 rings (SSSR count). The molecule has 0 atom stereocenters. The van der Waals surface area contributed by atoms with E-state index < -0.39 is 15.9 Å². The topological polar surface area (TPSA) is 88.2 Å². The fourth-order valence-electron chi connectivity index (χ4n) is 2.40. The summed E-state index contributed by atoms with van der Waals surface area (Å²) in [5.41, 5.74) is 0.642. The van der Waals surface area contributed by atoms with Gasteiger partial charge in [-0.3, -0.25) is 10.1 Å². The van der Waals surface area contributed by atoms with Gasteiger partial charge in [-0.25, -0.2) is 18.1 Å². The van der Waals surface area contributed by atoms with E-state index in [0.29, 0.717) is 15.7 Å². The van der Waals surface area contributed by atoms with Crippen LogP contribution in [-0.4, -0.2) is 25.4 Å². The van der Waals surface area contributed by atoms with Gasteiger partial charge in [-0.2, -0.15) is 0 Å². The standard InChI is InChI=1S/C17H14Cl3N3O3S2/c1-8(2)23-28(25,26)15-6-10(11(19)7-12(15)20)16(24)22-17-21-13-4-3-9(18)5-14(13)27-17/h3-8,23H,1-2H3,(H,21,22,24). The second-order valence-electron chi connectivity index (χ2n) is 6.12. The lowest BCUT2D eigenvalue weighted by molar-refractivity contribution is 0.102. The number of amides is 1. The maximum absolute atomic E-state index is 12.7. The Balaban J connectivity index is 1.95. The van der Waals surface area contributed by atoms with E-state index in [1.807, 2.05) is 0 Å². The van der Waals surface area contributed by atoms with Crippen molar-refractivity contribution in [3.05, 3.63) is 51.0 Å². The van der Waals surface area contributed by atoms with E-state index in [2.05, 4.69) is 15.0 Å². The zero-order valence-corrected chi connectivity index (χ0v) is 18.5. The molecule has 0 aliphatic heterocycles. The molecule has 0 aliphatic rings. The van der Waals surface area contributed by atoms with Crippen molar-refractivity contribution in [2.24, 2.45) is 0 Å². The molecule has 2 N–H and O–H groups in total. The minimum Gasteiger partial charge on any atom is -0.298 e. The minimum atomic E-state index is -3.91. The highest BCUT2D eigenvalue weighted by Crippen LogP contribution is 2.31. The summed E-state index contributed by atoms with van der Waals surface area (Å²) in [6.45, 7) is 3.35. The van der Waals surface area contributed by atoms with E-state index in [1.54, 1.807) is 32.0 Å². The van der Waals surface area contributed by atoms with Crippen molar-refractivity contribution in [3.63, 3.8) is 0 Å². The van der Waals surface area contributed by atoms with Gasteiger partial charge in [0.05, 0.1) is 25.8 Å². The Labute approximate surface area is 180 Å². The zero-order valence-electron chi connectivity index (χ0n) is 14.6. The number of halogens is 3. The van der Waals surface area contributed by atoms with Crippen LogP contribution < -0.4 is 10.0 Å². The molecule has 1 heterocycles. The molecule has 6 nitrogen and oxygen atoms in total. The molecule has 0 fully saturated rings. The summed E-state index contributed by atoms with van der Waals surface area (Å²) in [7, 11) is -3.91. The molecule has 28 heavy (non-hydrogen) atoms. The first-order valence-corrected chi connectivity index (χ1v) is 11.4. The molecule has 11 heteroatoms. The van der Waals surface area contributed by atoms with E-state index in [9.17, 15) is 13.2 Å². The van der Waals surface area contributed by atoms with Crippen LogP contribution in [0.4, 0.5) is 5.13 Å². The van der Waals surface area contributed by atoms with Crippen molar-refractivity contribution in [3.8, 4) is 0 Å². The third-order valence-corrected chi connectivity index (χ3v) is 7.12. The molecule has 1 amide bonds. The number of benzene rings is 2. The molecule has 0 unspecified atom stereocenters. The van der Waals surface area contributed by atoms with Crippen molar-refractivity contribution in [2.75, 3.05) is 5.32 Å². The number of aromatic nitrogens is 1. The fraction of sp³-hybridized carbons (Fsp3) is 0.176. The summed E-state index contributed by atoms with van der Waals surface area (Å²) in [6, 6.07) is 7.20. The first-order chi connectivity index (χ1) is 13.1. The number of nitrogens with zero attached hydrogens (tertiary/aromatic N) is 1. The molecule has 0 saturated heterocycles. The SMILES string of the molecule is CC(C)NS(=O)(=O)c1cc(C(=O)Nc2nc3ccc(Cl)cc3s2)c(Cl)cc1Cl. The highest BCUT2D eigenvalue weighted by atomic mass is 35.5. The smallest absolute Gasteiger partial charge is 0.259 e. The number of rotatable bonds is 5. The number of hydrogen-bond donors (Lipinski definition) is 2. The van der Waals surface area contributed by atoms with Crippen LogP contribution in [-0.2, 0) is 10.0 Å². The van der Waals surface area contributed by atoms with Crippen LogP contribution in [0.2, 0.25) is 15.1 Å². The lowest BCUT2D eigenvalue weighted by atomic mass is 10.2. The molecule has 148 valence electrons. The second kappa shape index (κ2) is 8.14. The number of hydrogen-bond acceptors (Lipinski definition) is 5. The number of nitrogens with one attached hydrogen (secondary N) is 2. The molecular formula is C17H14Cl3N3O3S2. The minimum absolute atomic E-state index is 0.0233. The molecule has 3 aromatic rings. The average molecular weight is 479 g/mol. The van der Waals surface area contributed by atoms with Crippen LogP contribution in [0.5, 0.6) is 0 Å². The van der Waals surface area contributed by atoms with Gasteiger partial charge in [0.1, 0.15) is 4.90 Å². The molecule has 0 spiro atoms. The van der Waals surface area contributed by atoms with Gasteiger partial charge in [-0.05, 0) is 44.2 Å². The molecular weight excluding hydrogens is 465 g/mol. The van der Waals surface area contributed by atoms with Crippen LogP contribution in [0.25, 0.3) is 10.2 Å². The normalized spacial score (nSPS) is 11.9. The van der Waals surface area contributed by atoms with Crippen LogP contribution >= 0.6 is 46.1 Å². The third kappa shape index (κ3) is 4.59. The third-order valence-electron chi connectivity index (χ3n) is 3.52.